The number of methoxy groups -OCH3 is 1. The van der Waals surface area contributed by atoms with Crippen LogP contribution in [0.5, 0.6) is 5.75 Å². The van der Waals surface area contributed by atoms with Gasteiger partial charge in [-0.3, -0.25) is 0 Å². The van der Waals surface area contributed by atoms with Crippen LogP contribution in [0.3, 0.4) is 0 Å². The number of H-pyrrole nitrogens is 1. The molecule has 3 heterocycles. The predicted octanol–water partition coefficient (Wildman–Crippen LogP) is 5.27. The van der Waals surface area contributed by atoms with Crippen LogP contribution in [0.1, 0.15) is 18.5 Å². The fraction of sp³-hybridized carbons (Fsp3) is 0.154. The number of rotatable bonds is 4. The first kappa shape index (κ1) is 18.0. The molecule has 1 atom stereocenters. The minimum Gasteiger partial charge on any atom is -0.618 e. The van der Waals surface area contributed by atoms with Gasteiger partial charge in [0.05, 0.1) is 7.11 Å². The number of hydrogen-bond donors (Lipinski definition) is 1. The largest absolute Gasteiger partial charge is 0.618 e. The molecule has 0 saturated heterocycles. The van der Waals surface area contributed by atoms with Crippen molar-refractivity contribution in [3.05, 3.63) is 90.2 Å². The van der Waals surface area contributed by atoms with E-state index in [-0.39, 0.29) is 5.41 Å². The van der Waals surface area contributed by atoms with Crippen molar-refractivity contribution in [1.29, 1.82) is 0 Å². The lowest BCUT2D eigenvalue weighted by atomic mass is 9.72. The minimum absolute atomic E-state index is 0.00288. The van der Waals surface area contributed by atoms with Crippen molar-refractivity contribution in [2.45, 2.75) is 12.8 Å². The average molecular weight is 407 g/mol. The number of hydrogen-bond acceptors (Lipinski definition) is 3. The van der Waals surface area contributed by atoms with E-state index in [1.807, 2.05) is 42.6 Å². The standard InChI is InChI=1S/C26H21N3O2/c1-16-9-10-26(16)12-22(26)23-8-7-17(15-29(23)30)18-11-20-21(14-28-25(20)27-13-18)19-5-3-4-6-24(19)31-2/h3-8,11-15H,1,9-10H2,2H3,(H,27,28). The number of pyridine rings is 2. The number of nitrogens with one attached hydrogen (secondary N) is 1. The van der Waals surface area contributed by atoms with Crippen LogP contribution in [0.2, 0.25) is 0 Å². The summed E-state index contributed by atoms with van der Waals surface area (Å²) >= 11 is 0. The van der Waals surface area contributed by atoms with E-state index in [4.69, 9.17) is 4.74 Å². The molecule has 1 aromatic carbocycles. The van der Waals surface area contributed by atoms with Crippen LogP contribution in [0.15, 0.2) is 79.3 Å². The average Bonchev–Trinajstić information content (AvgIpc) is 3.45. The third kappa shape index (κ3) is 2.56. The zero-order valence-electron chi connectivity index (χ0n) is 17.2. The Bertz CT molecular complexity index is 1420. The third-order valence-corrected chi connectivity index (χ3v) is 6.69. The maximum absolute atomic E-state index is 12.8. The Balaban J connectivity index is 1.39. The van der Waals surface area contributed by atoms with E-state index in [0.717, 1.165) is 67.9 Å². The molecular weight excluding hydrogens is 386 g/mol. The number of nitrogens with zero attached hydrogens (tertiary/aromatic N) is 2. The number of allylic oxidation sites excluding steroid dienone is 3. The van der Waals surface area contributed by atoms with Gasteiger partial charge in [-0.2, -0.15) is 4.73 Å². The first-order valence-corrected chi connectivity index (χ1v) is 10.4. The molecule has 5 nitrogen and oxygen atoms in total. The van der Waals surface area contributed by atoms with E-state index >= 15 is 0 Å². The molecule has 2 aliphatic carbocycles. The zero-order chi connectivity index (χ0) is 21.2. The van der Waals surface area contributed by atoms with Crippen molar-refractivity contribution < 1.29 is 9.47 Å². The van der Waals surface area contributed by atoms with Crippen LogP contribution in [0.25, 0.3) is 38.9 Å². The van der Waals surface area contributed by atoms with Crippen LogP contribution >= 0.6 is 0 Å². The Morgan fingerprint density at radius 2 is 2.03 bits per heavy atom. The predicted molar refractivity (Wildman–Crippen MR) is 121 cm³/mol. The normalized spacial score (nSPS) is 19.4. The maximum Gasteiger partial charge on any atom is 0.220 e. The summed E-state index contributed by atoms with van der Waals surface area (Å²) in [5.74, 6) is 0.805. The Kier molecular flexibility index (Phi) is 3.66. The van der Waals surface area contributed by atoms with Gasteiger partial charge in [0.15, 0.2) is 6.20 Å². The highest BCUT2D eigenvalue weighted by Crippen LogP contribution is 2.65. The molecule has 5 heteroatoms. The van der Waals surface area contributed by atoms with Crippen LogP contribution in [-0.2, 0) is 0 Å². The van der Waals surface area contributed by atoms with Gasteiger partial charge in [0.1, 0.15) is 11.4 Å². The quantitative estimate of drug-likeness (QED) is 0.285. The molecule has 6 rings (SSSR count). The van der Waals surface area contributed by atoms with Gasteiger partial charge in [-0.15, -0.1) is 0 Å². The van der Waals surface area contributed by atoms with Crippen molar-refractivity contribution >= 4 is 16.6 Å². The highest BCUT2D eigenvalue weighted by Gasteiger charge is 2.54. The molecule has 1 N–H and O–H groups in total. The van der Waals surface area contributed by atoms with E-state index in [2.05, 4.69) is 28.7 Å². The lowest BCUT2D eigenvalue weighted by Crippen LogP contribution is -2.32. The second-order valence-electron chi connectivity index (χ2n) is 8.28. The smallest absolute Gasteiger partial charge is 0.220 e. The lowest BCUT2D eigenvalue weighted by molar-refractivity contribution is -0.607. The Hall–Kier alpha value is -3.86. The van der Waals surface area contributed by atoms with Crippen LogP contribution in [0.4, 0.5) is 0 Å². The first-order valence-electron chi connectivity index (χ1n) is 10.4. The molecule has 1 spiro atoms. The number of ether oxygens (including phenoxy) is 1. The summed E-state index contributed by atoms with van der Waals surface area (Å²) in [6, 6.07) is 13.9. The molecule has 0 radical (unpaired) electrons. The van der Waals surface area contributed by atoms with Crippen molar-refractivity contribution in [3.63, 3.8) is 0 Å². The Morgan fingerprint density at radius 1 is 1.16 bits per heavy atom. The molecular formula is C26H21N3O2. The molecule has 0 amide bonds. The van der Waals surface area contributed by atoms with Gasteiger partial charge in [-0.25, -0.2) is 4.98 Å². The van der Waals surface area contributed by atoms with E-state index in [1.54, 1.807) is 19.5 Å². The summed E-state index contributed by atoms with van der Waals surface area (Å²) in [4.78, 5) is 7.82. The van der Waals surface area contributed by atoms with Crippen LogP contribution < -0.4 is 9.47 Å². The van der Waals surface area contributed by atoms with E-state index in [1.165, 1.54) is 5.57 Å². The Labute approximate surface area is 179 Å². The van der Waals surface area contributed by atoms with Crippen molar-refractivity contribution in [2.75, 3.05) is 7.11 Å². The summed E-state index contributed by atoms with van der Waals surface area (Å²) in [5, 5.41) is 13.8. The van der Waals surface area contributed by atoms with E-state index in [9.17, 15) is 5.21 Å². The number of fused-ring (bicyclic) bond motifs is 1. The molecule has 4 aromatic rings. The molecule has 152 valence electrons. The lowest BCUT2D eigenvalue weighted by Gasteiger charge is -2.30. The molecule has 0 bridgehead atoms. The number of benzene rings is 1. The number of para-hydroxylation sites is 1. The van der Waals surface area contributed by atoms with Crippen LogP contribution in [0, 0.1) is 10.6 Å². The topological polar surface area (TPSA) is 64.8 Å². The molecule has 1 unspecified atom stereocenters. The summed E-state index contributed by atoms with van der Waals surface area (Å²) < 4.78 is 6.51. The summed E-state index contributed by atoms with van der Waals surface area (Å²) in [6.07, 6.45) is 9.68. The SMILES string of the molecule is C=C1CCC12C=C2c1ccc(-c2cnc3[nH]cc(-c4ccccc4OC)c3c2)c[n+]1[O-]. The molecule has 0 aliphatic heterocycles. The highest BCUT2D eigenvalue weighted by molar-refractivity contribution is 5.97. The van der Waals surface area contributed by atoms with Gasteiger partial charge in [0.2, 0.25) is 5.69 Å². The monoisotopic (exact) mass is 407 g/mol. The van der Waals surface area contributed by atoms with E-state index < -0.39 is 0 Å². The minimum atomic E-state index is 0.00288. The van der Waals surface area contributed by atoms with Crippen molar-refractivity contribution in [1.82, 2.24) is 9.97 Å². The molecule has 2 aliphatic rings. The van der Waals surface area contributed by atoms with Gasteiger partial charge >= 0.3 is 0 Å². The van der Waals surface area contributed by atoms with Crippen molar-refractivity contribution in [2.24, 2.45) is 5.41 Å². The molecule has 31 heavy (non-hydrogen) atoms. The zero-order valence-corrected chi connectivity index (χ0v) is 17.2. The van der Waals surface area contributed by atoms with Gasteiger partial charge in [0.25, 0.3) is 0 Å². The third-order valence-electron chi connectivity index (χ3n) is 6.69. The number of aromatic amines is 1. The second-order valence-corrected chi connectivity index (χ2v) is 8.28. The maximum atomic E-state index is 12.8. The Morgan fingerprint density at radius 3 is 2.74 bits per heavy atom. The fourth-order valence-corrected chi connectivity index (χ4v) is 4.69. The van der Waals surface area contributed by atoms with Gasteiger partial charge in [-0.05, 0) is 31.0 Å². The summed E-state index contributed by atoms with van der Waals surface area (Å²) in [5.41, 5.74) is 7.59. The highest BCUT2D eigenvalue weighted by atomic mass is 16.5. The summed E-state index contributed by atoms with van der Waals surface area (Å²) in [6.45, 7) is 4.13. The van der Waals surface area contributed by atoms with Crippen LogP contribution in [-0.4, -0.2) is 17.1 Å². The molecule has 1 fully saturated rings. The first-order chi connectivity index (χ1) is 15.1. The van der Waals surface area contributed by atoms with E-state index in [0.29, 0.717) is 0 Å². The van der Waals surface area contributed by atoms with Gasteiger partial charge in [0, 0.05) is 57.1 Å². The van der Waals surface area contributed by atoms with Gasteiger partial charge in [-0.1, -0.05) is 36.4 Å². The molecule has 3 aromatic heterocycles. The molecule has 1 saturated carbocycles. The van der Waals surface area contributed by atoms with Gasteiger partial charge < -0.3 is 14.9 Å². The summed E-state index contributed by atoms with van der Waals surface area (Å²) in [7, 11) is 1.67. The van der Waals surface area contributed by atoms with Crippen molar-refractivity contribution in [3.8, 4) is 28.0 Å². The second kappa shape index (κ2) is 6.32. The number of aromatic nitrogens is 3. The fourth-order valence-electron chi connectivity index (χ4n) is 4.69.